The predicted octanol–water partition coefficient (Wildman–Crippen LogP) is 4.37. The fraction of sp³-hybridized carbons (Fsp3) is 0.333. The number of halogens is 1. The summed E-state index contributed by atoms with van der Waals surface area (Å²) < 4.78 is 13.2. The summed E-state index contributed by atoms with van der Waals surface area (Å²) in [6.07, 6.45) is 8.33. The van der Waals surface area contributed by atoms with Crippen molar-refractivity contribution in [3.63, 3.8) is 0 Å². The Bertz CT molecular complexity index is 1080. The number of hydrogen-bond acceptors (Lipinski definition) is 5. The molecule has 1 aliphatic heterocycles. The van der Waals surface area contributed by atoms with Gasteiger partial charge in [-0.25, -0.2) is 19.3 Å². The summed E-state index contributed by atoms with van der Waals surface area (Å²) in [5.74, 6) is 1.43. The minimum Gasteiger partial charge on any atom is -0.341 e. The Morgan fingerprint density at radius 2 is 1.87 bits per heavy atom. The van der Waals surface area contributed by atoms with Crippen LogP contribution in [0.3, 0.4) is 0 Å². The van der Waals surface area contributed by atoms with Gasteiger partial charge < -0.3 is 10.2 Å². The highest BCUT2D eigenvalue weighted by Gasteiger charge is 2.45. The van der Waals surface area contributed by atoms with Gasteiger partial charge in [-0.1, -0.05) is 12.1 Å². The second-order valence-electron chi connectivity index (χ2n) is 8.34. The Morgan fingerprint density at radius 1 is 1.06 bits per heavy atom. The molecule has 1 aliphatic carbocycles. The SMILES string of the molecule is Cc1ccc(NC(=O)[C@H]2CC[C@@H](C3CC3)N2c2ccccn2)cc1-c1ncc(F)cn1. The topological polar surface area (TPSA) is 71.0 Å². The molecule has 5 rings (SSSR count). The number of benzene rings is 1. The van der Waals surface area contributed by atoms with E-state index in [1.165, 1.54) is 12.8 Å². The molecule has 0 bridgehead atoms. The maximum atomic E-state index is 13.3. The lowest BCUT2D eigenvalue weighted by Crippen LogP contribution is -2.44. The van der Waals surface area contributed by atoms with E-state index in [4.69, 9.17) is 0 Å². The molecule has 31 heavy (non-hydrogen) atoms. The predicted molar refractivity (Wildman–Crippen MR) is 117 cm³/mol. The van der Waals surface area contributed by atoms with Crippen LogP contribution in [0.15, 0.2) is 55.0 Å². The lowest BCUT2D eigenvalue weighted by molar-refractivity contribution is -0.117. The summed E-state index contributed by atoms with van der Waals surface area (Å²) in [4.78, 5) is 28.2. The van der Waals surface area contributed by atoms with Crippen LogP contribution >= 0.6 is 0 Å². The summed E-state index contributed by atoms with van der Waals surface area (Å²) in [5, 5.41) is 3.07. The van der Waals surface area contributed by atoms with Crippen molar-refractivity contribution in [3.05, 3.63) is 66.4 Å². The zero-order valence-corrected chi connectivity index (χ0v) is 17.3. The minimum atomic E-state index is -0.480. The van der Waals surface area contributed by atoms with Gasteiger partial charge in [0.05, 0.1) is 12.4 Å². The molecule has 0 unspecified atom stereocenters. The Kier molecular flexibility index (Phi) is 5.10. The summed E-state index contributed by atoms with van der Waals surface area (Å²) in [6, 6.07) is 11.6. The molecule has 3 aromatic rings. The van der Waals surface area contributed by atoms with Crippen LogP contribution in [0.2, 0.25) is 0 Å². The summed E-state index contributed by atoms with van der Waals surface area (Å²) in [5.41, 5.74) is 2.39. The molecule has 0 radical (unpaired) electrons. The van der Waals surface area contributed by atoms with Crippen LogP contribution in [0.5, 0.6) is 0 Å². The summed E-state index contributed by atoms with van der Waals surface area (Å²) in [7, 11) is 0. The van der Waals surface area contributed by atoms with Gasteiger partial charge in [0.25, 0.3) is 0 Å². The number of hydrogen-bond donors (Lipinski definition) is 1. The third-order valence-corrected chi connectivity index (χ3v) is 6.18. The molecule has 2 aromatic heterocycles. The van der Waals surface area contributed by atoms with E-state index in [1.807, 2.05) is 43.3 Å². The first-order chi connectivity index (χ1) is 15.1. The second-order valence-corrected chi connectivity index (χ2v) is 8.34. The Labute approximate surface area is 180 Å². The Morgan fingerprint density at radius 3 is 2.58 bits per heavy atom. The number of rotatable bonds is 5. The minimum absolute atomic E-state index is 0.0383. The van der Waals surface area contributed by atoms with E-state index in [0.29, 0.717) is 23.5 Å². The van der Waals surface area contributed by atoms with E-state index in [2.05, 4.69) is 25.2 Å². The van der Waals surface area contributed by atoms with E-state index < -0.39 is 5.82 Å². The average molecular weight is 417 g/mol. The third kappa shape index (κ3) is 4.00. The van der Waals surface area contributed by atoms with Gasteiger partial charge in [-0.2, -0.15) is 0 Å². The van der Waals surface area contributed by atoms with Crippen LogP contribution in [-0.4, -0.2) is 32.9 Å². The van der Waals surface area contributed by atoms with Gasteiger partial charge in [0.1, 0.15) is 11.9 Å². The van der Waals surface area contributed by atoms with Crippen molar-refractivity contribution in [1.82, 2.24) is 15.0 Å². The first kappa shape index (κ1) is 19.6. The highest BCUT2D eigenvalue weighted by Crippen LogP contribution is 2.43. The molecule has 2 aliphatic rings. The van der Waals surface area contributed by atoms with Crippen LogP contribution < -0.4 is 10.2 Å². The van der Waals surface area contributed by atoms with E-state index >= 15 is 0 Å². The molecule has 1 saturated heterocycles. The van der Waals surface area contributed by atoms with E-state index in [9.17, 15) is 9.18 Å². The quantitative estimate of drug-likeness (QED) is 0.667. The molecule has 2 atom stereocenters. The molecule has 158 valence electrons. The Hall–Kier alpha value is -3.35. The van der Waals surface area contributed by atoms with Crippen molar-refractivity contribution in [2.24, 2.45) is 5.92 Å². The van der Waals surface area contributed by atoms with E-state index in [-0.39, 0.29) is 11.9 Å². The van der Waals surface area contributed by atoms with Crippen LogP contribution in [-0.2, 0) is 4.79 Å². The molecular formula is C24H24FN5O. The lowest BCUT2D eigenvalue weighted by atomic mass is 10.1. The van der Waals surface area contributed by atoms with Crippen LogP contribution in [0.1, 0.15) is 31.2 Å². The number of aromatic nitrogens is 3. The van der Waals surface area contributed by atoms with E-state index in [1.54, 1.807) is 6.20 Å². The zero-order valence-electron chi connectivity index (χ0n) is 17.3. The van der Waals surface area contributed by atoms with Crippen molar-refractivity contribution in [1.29, 1.82) is 0 Å². The average Bonchev–Trinajstić information content (AvgIpc) is 3.54. The number of carbonyl (C=O) groups excluding carboxylic acids is 1. The number of pyridine rings is 1. The summed E-state index contributed by atoms with van der Waals surface area (Å²) in [6.45, 7) is 1.94. The molecule has 1 saturated carbocycles. The molecule has 1 aromatic carbocycles. The lowest BCUT2D eigenvalue weighted by Gasteiger charge is -2.31. The van der Waals surface area contributed by atoms with Gasteiger partial charge >= 0.3 is 0 Å². The van der Waals surface area contributed by atoms with Crippen LogP contribution in [0.4, 0.5) is 15.9 Å². The number of carbonyl (C=O) groups is 1. The Balaban J connectivity index is 1.39. The maximum Gasteiger partial charge on any atom is 0.247 e. The van der Waals surface area contributed by atoms with Gasteiger partial charge in [-0.15, -0.1) is 0 Å². The van der Waals surface area contributed by atoms with Crippen molar-refractivity contribution < 1.29 is 9.18 Å². The van der Waals surface area contributed by atoms with Gasteiger partial charge in [0.15, 0.2) is 11.6 Å². The van der Waals surface area contributed by atoms with E-state index in [0.717, 1.165) is 42.2 Å². The molecule has 1 N–H and O–H groups in total. The van der Waals surface area contributed by atoms with Crippen molar-refractivity contribution >= 4 is 17.4 Å². The highest BCUT2D eigenvalue weighted by atomic mass is 19.1. The molecule has 2 fully saturated rings. The largest absolute Gasteiger partial charge is 0.341 e. The first-order valence-corrected chi connectivity index (χ1v) is 10.7. The van der Waals surface area contributed by atoms with Gasteiger partial charge in [-0.3, -0.25) is 4.79 Å². The normalized spacial score (nSPS) is 20.6. The van der Waals surface area contributed by atoms with Gasteiger partial charge in [0.2, 0.25) is 5.91 Å². The molecule has 6 nitrogen and oxygen atoms in total. The number of nitrogens with zero attached hydrogens (tertiary/aromatic N) is 4. The van der Waals surface area contributed by atoms with Crippen molar-refractivity contribution in [3.8, 4) is 11.4 Å². The van der Waals surface area contributed by atoms with Crippen molar-refractivity contribution in [2.75, 3.05) is 10.2 Å². The number of anilines is 2. The molecule has 0 spiro atoms. The summed E-state index contributed by atoms with van der Waals surface area (Å²) >= 11 is 0. The number of amides is 1. The fourth-order valence-electron chi connectivity index (χ4n) is 4.49. The molecule has 1 amide bonds. The maximum absolute atomic E-state index is 13.3. The molecule has 7 heteroatoms. The zero-order chi connectivity index (χ0) is 21.4. The monoisotopic (exact) mass is 417 g/mol. The van der Waals surface area contributed by atoms with Gasteiger partial charge in [0, 0.05) is 23.5 Å². The highest BCUT2D eigenvalue weighted by molar-refractivity contribution is 5.97. The van der Waals surface area contributed by atoms with Crippen LogP contribution in [0, 0.1) is 18.7 Å². The molecular weight excluding hydrogens is 393 g/mol. The smallest absolute Gasteiger partial charge is 0.247 e. The fourth-order valence-corrected chi connectivity index (χ4v) is 4.49. The van der Waals surface area contributed by atoms with Gasteiger partial charge in [-0.05, 0) is 68.4 Å². The first-order valence-electron chi connectivity index (χ1n) is 10.7. The third-order valence-electron chi connectivity index (χ3n) is 6.18. The number of nitrogens with one attached hydrogen (secondary N) is 1. The molecule has 3 heterocycles. The standard InChI is InChI=1S/C24H24FN5O/c1-15-5-8-18(12-19(15)23-27-13-17(25)14-28-23)29-24(31)21-10-9-20(16-6-7-16)30(21)22-4-2-3-11-26-22/h2-5,8,11-14,16,20-21H,6-7,9-10H2,1H3,(H,29,31)/t20-,21+/m0/s1. The second kappa shape index (κ2) is 8.06. The van der Waals surface area contributed by atoms with Crippen LogP contribution in [0.25, 0.3) is 11.4 Å². The number of aryl methyl sites for hydroxylation is 1. The van der Waals surface area contributed by atoms with Crippen molar-refractivity contribution in [2.45, 2.75) is 44.7 Å².